The van der Waals surface area contributed by atoms with Gasteiger partial charge in [0.15, 0.2) is 0 Å². The Morgan fingerprint density at radius 3 is 2.16 bits per heavy atom. The van der Waals surface area contributed by atoms with Crippen molar-refractivity contribution in [2.45, 2.75) is 155 Å². The highest BCUT2D eigenvalue weighted by Gasteiger charge is 2.59. The van der Waals surface area contributed by atoms with Crippen LogP contribution in [0, 0.1) is 46.3 Å². The fourth-order valence-electron chi connectivity index (χ4n) is 15.3. The number of alkyl carbamates (subject to hydrolysis) is 1. The monoisotopic (exact) mass is 1170 g/mol. The third kappa shape index (κ3) is 14.0. The molecule has 4 aliphatic carbocycles. The molecular formula is C68H89N5O12. The highest BCUT2D eigenvalue weighted by molar-refractivity contribution is 5.91. The van der Waals surface area contributed by atoms with E-state index in [0.29, 0.717) is 22.8 Å². The van der Waals surface area contributed by atoms with E-state index in [2.05, 4.69) is 61.6 Å². The molecule has 11 atom stereocenters. The van der Waals surface area contributed by atoms with E-state index in [0.717, 1.165) is 78.0 Å². The Labute approximate surface area is 500 Å². The quantitative estimate of drug-likeness (QED) is 0.0170. The summed E-state index contributed by atoms with van der Waals surface area (Å²) in [6, 6.07) is 24.6. The van der Waals surface area contributed by atoms with Crippen molar-refractivity contribution in [3.63, 3.8) is 0 Å². The summed E-state index contributed by atoms with van der Waals surface area (Å²) in [5.41, 5.74) is 1.43. The Morgan fingerprint density at radius 1 is 0.812 bits per heavy atom. The molecule has 0 bridgehead atoms. The first-order valence-corrected chi connectivity index (χ1v) is 30.9. The molecule has 3 saturated carbocycles. The minimum Gasteiger partial charge on any atom is -0.497 e. The van der Waals surface area contributed by atoms with Gasteiger partial charge in [-0.1, -0.05) is 120 Å². The fourth-order valence-corrected chi connectivity index (χ4v) is 15.3. The molecule has 9 rings (SSSR count). The summed E-state index contributed by atoms with van der Waals surface area (Å²) in [4.78, 5) is 80.9. The number of fused-ring (bicyclic) bond motifs is 5. The number of nitrogens with zero attached hydrogens (tertiary/aromatic N) is 1. The van der Waals surface area contributed by atoms with E-state index in [1.54, 1.807) is 14.2 Å². The number of aromatic nitrogens is 2. The SMILES string of the molecule is CNC(=O)CCC(=O)OC1C[C@H](n2cc(C=CC(=O)NCCNC(=O)O[C@H]3CC[C@@]4(C)C(=CCC5C4CC[C@@]4(C)C5CC[C@@H]4[C@H](C)CCCC(C)C)C3)c(=O)[nH]c2=O)O[C@@H]1COC(c1ccccc1)(c1ccc(OC)cc1)c1ccc(OC)cc1. The molecule has 1 aliphatic heterocycles. The maximum Gasteiger partial charge on any atom is 0.407 e. The van der Waals surface area contributed by atoms with Gasteiger partial charge >= 0.3 is 17.8 Å². The molecule has 2 heterocycles. The van der Waals surface area contributed by atoms with Gasteiger partial charge in [0.2, 0.25) is 11.8 Å². The van der Waals surface area contributed by atoms with Gasteiger partial charge < -0.3 is 44.4 Å². The Balaban J connectivity index is 0.814. The molecular weight excluding hydrogens is 1080 g/mol. The number of esters is 1. The van der Waals surface area contributed by atoms with E-state index in [1.165, 1.54) is 74.4 Å². The lowest BCUT2D eigenvalue weighted by molar-refractivity contribution is -0.156. The summed E-state index contributed by atoms with van der Waals surface area (Å²) >= 11 is 0. The number of allylic oxidation sites excluding steroid dienone is 1. The molecule has 1 aromatic heterocycles. The zero-order valence-corrected chi connectivity index (χ0v) is 51.0. The van der Waals surface area contributed by atoms with Crippen LogP contribution >= 0.6 is 0 Å². The lowest BCUT2D eigenvalue weighted by atomic mass is 9.47. The number of methoxy groups -OCH3 is 2. The van der Waals surface area contributed by atoms with Gasteiger partial charge in [-0.25, -0.2) is 9.59 Å². The van der Waals surface area contributed by atoms with E-state index >= 15 is 0 Å². The predicted molar refractivity (Wildman–Crippen MR) is 325 cm³/mol. The van der Waals surface area contributed by atoms with Crippen LogP contribution in [0.1, 0.15) is 153 Å². The highest BCUT2D eigenvalue weighted by atomic mass is 16.6. The van der Waals surface area contributed by atoms with Crippen molar-refractivity contribution in [2.75, 3.05) is 41.0 Å². The van der Waals surface area contributed by atoms with Crippen molar-refractivity contribution in [3.8, 4) is 11.5 Å². The van der Waals surface area contributed by atoms with Crippen molar-refractivity contribution < 1.29 is 47.6 Å². The van der Waals surface area contributed by atoms with Crippen molar-refractivity contribution in [1.82, 2.24) is 25.5 Å². The summed E-state index contributed by atoms with van der Waals surface area (Å²) < 4.78 is 37.9. The van der Waals surface area contributed by atoms with Crippen LogP contribution in [0.2, 0.25) is 0 Å². The maximum atomic E-state index is 13.6. The molecule has 3 amide bonds. The normalized spacial score (nSPS) is 26.5. The van der Waals surface area contributed by atoms with Crippen LogP contribution < -0.4 is 36.7 Å². The first kappa shape index (κ1) is 62.5. The Morgan fingerprint density at radius 2 is 1.49 bits per heavy atom. The molecule has 4 unspecified atom stereocenters. The largest absolute Gasteiger partial charge is 0.497 e. The second kappa shape index (κ2) is 27.6. The van der Waals surface area contributed by atoms with Gasteiger partial charge in [-0.05, 0) is 138 Å². The molecule has 5 aliphatic rings. The number of carbonyl (C=O) groups is 4. The topological polar surface area (TPSA) is 215 Å². The molecule has 4 aromatic rings. The molecule has 4 fully saturated rings. The lowest BCUT2D eigenvalue weighted by Gasteiger charge is -2.58. The number of amides is 3. The summed E-state index contributed by atoms with van der Waals surface area (Å²) in [6.45, 7) is 12.4. The molecule has 0 radical (unpaired) electrons. The van der Waals surface area contributed by atoms with Gasteiger partial charge in [-0.15, -0.1) is 0 Å². The van der Waals surface area contributed by atoms with Gasteiger partial charge in [0.05, 0.1) is 32.8 Å². The second-order valence-electron chi connectivity index (χ2n) is 25.2. The molecule has 3 aromatic carbocycles. The molecule has 458 valence electrons. The average molecular weight is 1170 g/mol. The van der Waals surface area contributed by atoms with Crippen molar-refractivity contribution in [3.05, 3.63) is 146 Å². The first-order valence-electron chi connectivity index (χ1n) is 30.9. The predicted octanol–water partition coefficient (Wildman–Crippen LogP) is 10.6. The summed E-state index contributed by atoms with van der Waals surface area (Å²) in [7, 11) is 4.65. The standard InChI is InChI=1S/C68H89N5O12/c1-43(2)13-12-14-44(3)54-28-29-55-53-27-22-49-39-52(33-35-66(49,4)56(53)34-36-67(54,55)5)83-65(79)71-38-37-70-60(75)30-17-45-41-73(64(78)72-63(45)77)61-40-57(85-62(76)32-31-59(74)69-6)58(84-61)42-82-68(46-15-10-9-11-16-46,47-18-23-50(80-7)24-19-47)48-20-25-51(81-8)26-21-48/h9-11,15-26,30,41,43-44,52-58,61H,12-14,27-29,31-40,42H2,1-8H3,(H,69,74)(H,70,75)(H,71,79)(H,72,77,78)/t44-,52+,53?,54-,55?,56?,57?,58-,61-,66+,67-/m1/s1. The van der Waals surface area contributed by atoms with Crippen LogP contribution in [0.3, 0.4) is 0 Å². The zero-order valence-electron chi connectivity index (χ0n) is 51.0. The third-order valence-corrected chi connectivity index (χ3v) is 19.9. The highest BCUT2D eigenvalue weighted by Crippen LogP contribution is 2.67. The van der Waals surface area contributed by atoms with E-state index < -0.39 is 53.3 Å². The van der Waals surface area contributed by atoms with E-state index in [1.807, 2.05) is 78.9 Å². The van der Waals surface area contributed by atoms with Crippen molar-refractivity contribution in [2.24, 2.45) is 46.3 Å². The van der Waals surface area contributed by atoms with Crippen molar-refractivity contribution >= 4 is 30.0 Å². The number of hydrogen-bond acceptors (Lipinski definition) is 12. The van der Waals surface area contributed by atoms with Crippen molar-refractivity contribution in [1.29, 1.82) is 0 Å². The summed E-state index contributed by atoms with van der Waals surface area (Å²) in [6.07, 6.45) is 15.1. The zero-order chi connectivity index (χ0) is 60.5. The van der Waals surface area contributed by atoms with E-state index in [-0.39, 0.29) is 61.9 Å². The van der Waals surface area contributed by atoms with E-state index in [9.17, 15) is 28.8 Å². The minimum absolute atomic E-state index is 0.0279. The Bertz CT molecular complexity index is 3090. The van der Waals surface area contributed by atoms with Crippen LogP contribution in [0.4, 0.5) is 4.79 Å². The average Bonchev–Trinajstić information content (AvgIpc) is 2.03. The van der Waals surface area contributed by atoms with Gasteiger partial charge in [-0.3, -0.25) is 28.7 Å². The number of benzene rings is 3. The number of hydrogen-bond donors (Lipinski definition) is 4. The first-order chi connectivity index (χ1) is 40.9. The Kier molecular flexibility index (Phi) is 20.3. The van der Waals surface area contributed by atoms with Crippen LogP contribution in [-0.2, 0) is 38.9 Å². The molecule has 17 nitrogen and oxygen atoms in total. The number of nitrogens with one attached hydrogen (secondary N) is 4. The Hall–Kier alpha value is -6.98. The van der Waals surface area contributed by atoms with Crippen LogP contribution in [0.25, 0.3) is 6.08 Å². The summed E-state index contributed by atoms with van der Waals surface area (Å²) in [5.74, 6) is 4.27. The number of carbonyl (C=O) groups excluding carboxylic acids is 4. The van der Waals surface area contributed by atoms with Crippen LogP contribution in [-0.4, -0.2) is 92.7 Å². The van der Waals surface area contributed by atoms with Gasteiger partial charge in [0.25, 0.3) is 5.56 Å². The minimum atomic E-state index is -1.28. The van der Waals surface area contributed by atoms with Gasteiger partial charge in [0, 0.05) is 51.7 Å². The molecule has 4 N–H and O–H groups in total. The number of rotatable bonds is 24. The van der Waals surface area contributed by atoms with E-state index in [4.69, 9.17) is 28.4 Å². The summed E-state index contributed by atoms with van der Waals surface area (Å²) in [5, 5.41) is 8.03. The molecule has 85 heavy (non-hydrogen) atoms. The van der Waals surface area contributed by atoms with Gasteiger partial charge in [0.1, 0.15) is 41.6 Å². The molecule has 1 saturated heterocycles. The number of H-pyrrole nitrogens is 1. The number of aromatic amines is 1. The third-order valence-electron chi connectivity index (χ3n) is 19.9. The molecule has 0 spiro atoms. The fraction of sp³-hybridized carbons (Fsp3) is 0.559. The second-order valence-corrected chi connectivity index (χ2v) is 25.2. The van der Waals surface area contributed by atoms with Crippen LogP contribution in [0.5, 0.6) is 11.5 Å². The maximum absolute atomic E-state index is 13.6. The molecule has 17 heteroatoms. The lowest BCUT2D eigenvalue weighted by Crippen LogP contribution is -2.51. The van der Waals surface area contributed by atoms with Gasteiger partial charge in [-0.2, -0.15) is 0 Å². The smallest absolute Gasteiger partial charge is 0.407 e. The van der Waals surface area contributed by atoms with Crippen LogP contribution in [0.15, 0.2) is 112 Å². The number of ether oxygens (including phenoxy) is 6.